The fourth-order valence-electron chi connectivity index (χ4n) is 3.02. The minimum Gasteiger partial charge on any atom is -0.493 e. The molecule has 0 aliphatic heterocycles. The number of carbonyl (C=O) groups excluding carboxylic acids is 2. The highest BCUT2D eigenvalue weighted by molar-refractivity contribution is 6.04. The zero-order valence-electron chi connectivity index (χ0n) is 17.4. The number of methoxy groups -OCH3 is 2. The molecule has 0 aliphatic carbocycles. The molecular formula is C23H20N4O5. The minimum atomic E-state index is -0.516. The van der Waals surface area contributed by atoms with Crippen LogP contribution in [0.3, 0.4) is 0 Å². The lowest BCUT2D eigenvalue weighted by Crippen LogP contribution is -2.14. The van der Waals surface area contributed by atoms with Gasteiger partial charge in [-0.15, -0.1) is 0 Å². The van der Waals surface area contributed by atoms with Crippen molar-refractivity contribution in [1.82, 2.24) is 14.4 Å². The molecule has 9 nitrogen and oxygen atoms in total. The van der Waals surface area contributed by atoms with Crippen molar-refractivity contribution in [2.75, 3.05) is 26.1 Å². The van der Waals surface area contributed by atoms with Crippen LogP contribution >= 0.6 is 0 Å². The predicted molar refractivity (Wildman–Crippen MR) is 117 cm³/mol. The number of nitrogens with one attached hydrogen (secondary N) is 1. The highest BCUT2D eigenvalue weighted by Crippen LogP contribution is 2.28. The lowest BCUT2D eigenvalue weighted by Gasteiger charge is -2.12. The third kappa shape index (κ3) is 4.51. The van der Waals surface area contributed by atoms with Gasteiger partial charge in [-0.3, -0.25) is 9.20 Å². The fraction of sp³-hybridized carbons (Fsp3) is 0.130. The number of nitrogens with zero attached hydrogens (tertiary/aromatic N) is 3. The Labute approximate surface area is 183 Å². The number of carbonyl (C=O) groups is 2. The standard InChI is InChI=1S/C23H20N4O5/c1-30-20-12-16(6-9-19(20)32-14-21(28)31-2)22(29)25-17-7-4-15(5-8-17)18-13-27-11-3-10-24-23(27)26-18/h3-13H,14H2,1-2H3,(H,25,29). The van der Waals surface area contributed by atoms with Crippen LogP contribution in [0.25, 0.3) is 17.0 Å². The Bertz CT molecular complexity index is 1230. The van der Waals surface area contributed by atoms with E-state index in [4.69, 9.17) is 9.47 Å². The molecule has 32 heavy (non-hydrogen) atoms. The van der Waals surface area contributed by atoms with Crippen molar-refractivity contribution < 1.29 is 23.8 Å². The Morgan fingerprint density at radius 3 is 2.59 bits per heavy atom. The van der Waals surface area contributed by atoms with Crippen molar-refractivity contribution in [3.05, 3.63) is 72.7 Å². The van der Waals surface area contributed by atoms with Crippen molar-refractivity contribution in [3.63, 3.8) is 0 Å². The second-order valence-electron chi connectivity index (χ2n) is 6.72. The number of ether oxygens (including phenoxy) is 3. The fourth-order valence-corrected chi connectivity index (χ4v) is 3.02. The van der Waals surface area contributed by atoms with Crippen LogP contribution in [-0.2, 0) is 9.53 Å². The maximum atomic E-state index is 12.7. The summed E-state index contributed by atoms with van der Waals surface area (Å²) in [6, 6.07) is 13.9. The number of esters is 1. The van der Waals surface area contributed by atoms with E-state index in [1.54, 1.807) is 36.5 Å². The third-order valence-electron chi connectivity index (χ3n) is 4.67. The number of aromatic nitrogens is 3. The Hall–Kier alpha value is -4.40. The van der Waals surface area contributed by atoms with E-state index in [2.05, 4.69) is 20.0 Å². The molecule has 0 bridgehead atoms. The lowest BCUT2D eigenvalue weighted by atomic mass is 10.1. The Balaban J connectivity index is 1.45. The Kier molecular flexibility index (Phi) is 5.98. The molecule has 1 N–H and O–H groups in total. The predicted octanol–water partition coefficient (Wildman–Crippen LogP) is 3.21. The van der Waals surface area contributed by atoms with Gasteiger partial charge in [0.2, 0.25) is 5.78 Å². The van der Waals surface area contributed by atoms with Gasteiger partial charge in [-0.25, -0.2) is 14.8 Å². The van der Waals surface area contributed by atoms with Crippen LogP contribution in [0.4, 0.5) is 5.69 Å². The van der Waals surface area contributed by atoms with E-state index in [1.807, 2.05) is 35.0 Å². The molecule has 0 atom stereocenters. The number of amides is 1. The summed E-state index contributed by atoms with van der Waals surface area (Å²) in [5.41, 5.74) is 2.70. The summed E-state index contributed by atoms with van der Waals surface area (Å²) in [5.74, 6) is 0.454. The number of benzene rings is 2. The average Bonchev–Trinajstić information content (AvgIpc) is 3.27. The maximum absolute atomic E-state index is 12.7. The topological polar surface area (TPSA) is 104 Å². The van der Waals surface area contributed by atoms with Crippen LogP contribution in [-0.4, -0.2) is 47.1 Å². The molecule has 0 saturated carbocycles. The molecule has 2 aromatic carbocycles. The highest BCUT2D eigenvalue weighted by atomic mass is 16.6. The van der Waals surface area contributed by atoms with E-state index >= 15 is 0 Å². The van der Waals surface area contributed by atoms with Gasteiger partial charge < -0.3 is 19.5 Å². The summed E-state index contributed by atoms with van der Waals surface area (Å²) in [7, 11) is 2.73. The van der Waals surface area contributed by atoms with Crippen LogP contribution in [0.5, 0.6) is 11.5 Å². The van der Waals surface area contributed by atoms with E-state index in [1.165, 1.54) is 14.2 Å². The van der Waals surface area contributed by atoms with Gasteiger partial charge in [-0.2, -0.15) is 0 Å². The zero-order chi connectivity index (χ0) is 22.5. The van der Waals surface area contributed by atoms with Gasteiger partial charge in [0, 0.05) is 35.4 Å². The molecule has 2 aromatic heterocycles. The van der Waals surface area contributed by atoms with E-state index in [0.717, 1.165) is 11.3 Å². The number of anilines is 1. The number of hydrogen-bond acceptors (Lipinski definition) is 7. The monoisotopic (exact) mass is 432 g/mol. The number of rotatable bonds is 7. The summed E-state index contributed by atoms with van der Waals surface area (Å²) < 4.78 is 17.0. The first-order valence-corrected chi connectivity index (χ1v) is 9.66. The first kappa shape index (κ1) is 20.9. The second kappa shape index (κ2) is 9.17. The van der Waals surface area contributed by atoms with Gasteiger partial charge >= 0.3 is 5.97 Å². The lowest BCUT2D eigenvalue weighted by molar-refractivity contribution is -0.142. The normalized spacial score (nSPS) is 10.6. The van der Waals surface area contributed by atoms with Crippen molar-refractivity contribution in [2.24, 2.45) is 0 Å². The highest BCUT2D eigenvalue weighted by Gasteiger charge is 2.13. The molecule has 0 saturated heterocycles. The Morgan fingerprint density at radius 1 is 1.06 bits per heavy atom. The van der Waals surface area contributed by atoms with Crippen molar-refractivity contribution in [2.45, 2.75) is 0 Å². The summed E-state index contributed by atoms with van der Waals surface area (Å²) in [4.78, 5) is 32.6. The summed E-state index contributed by atoms with van der Waals surface area (Å²) in [6.07, 6.45) is 5.47. The van der Waals surface area contributed by atoms with Gasteiger partial charge in [0.15, 0.2) is 18.1 Å². The van der Waals surface area contributed by atoms with Gasteiger partial charge in [-0.05, 0) is 36.4 Å². The van der Waals surface area contributed by atoms with Crippen molar-refractivity contribution in [1.29, 1.82) is 0 Å². The van der Waals surface area contributed by atoms with Gasteiger partial charge in [0.25, 0.3) is 5.91 Å². The van der Waals surface area contributed by atoms with Crippen LogP contribution in [0, 0.1) is 0 Å². The molecular weight excluding hydrogens is 412 g/mol. The molecule has 2 heterocycles. The van der Waals surface area contributed by atoms with E-state index in [9.17, 15) is 9.59 Å². The molecule has 9 heteroatoms. The van der Waals surface area contributed by atoms with Gasteiger partial charge in [-0.1, -0.05) is 12.1 Å². The van der Waals surface area contributed by atoms with Gasteiger partial charge in [0.1, 0.15) is 0 Å². The van der Waals surface area contributed by atoms with Crippen molar-refractivity contribution in [3.8, 4) is 22.8 Å². The van der Waals surface area contributed by atoms with Gasteiger partial charge in [0.05, 0.1) is 19.9 Å². The first-order valence-electron chi connectivity index (χ1n) is 9.66. The molecule has 0 fully saturated rings. The molecule has 4 aromatic rings. The van der Waals surface area contributed by atoms with Crippen molar-refractivity contribution >= 4 is 23.3 Å². The van der Waals surface area contributed by atoms with Crippen LogP contribution < -0.4 is 14.8 Å². The molecule has 0 radical (unpaired) electrons. The smallest absolute Gasteiger partial charge is 0.343 e. The maximum Gasteiger partial charge on any atom is 0.343 e. The molecule has 1 amide bonds. The Morgan fingerprint density at radius 2 is 1.88 bits per heavy atom. The number of fused-ring (bicyclic) bond motifs is 1. The van der Waals surface area contributed by atoms with Crippen LogP contribution in [0.2, 0.25) is 0 Å². The van der Waals surface area contributed by atoms with Crippen LogP contribution in [0.15, 0.2) is 67.1 Å². The third-order valence-corrected chi connectivity index (χ3v) is 4.67. The minimum absolute atomic E-state index is 0.257. The molecule has 162 valence electrons. The largest absolute Gasteiger partial charge is 0.493 e. The zero-order valence-corrected chi connectivity index (χ0v) is 17.4. The number of imidazole rings is 1. The summed E-state index contributed by atoms with van der Waals surface area (Å²) in [6.45, 7) is -0.257. The van der Waals surface area contributed by atoms with E-state index < -0.39 is 5.97 Å². The van der Waals surface area contributed by atoms with E-state index in [-0.39, 0.29) is 12.5 Å². The first-order chi connectivity index (χ1) is 15.6. The number of hydrogen-bond donors (Lipinski definition) is 1. The second-order valence-corrected chi connectivity index (χ2v) is 6.72. The molecule has 0 aliphatic rings. The SMILES string of the molecule is COC(=O)COc1ccc(C(=O)Nc2ccc(-c3cn4cccnc4n3)cc2)cc1OC. The van der Waals surface area contributed by atoms with Crippen LogP contribution in [0.1, 0.15) is 10.4 Å². The molecule has 0 spiro atoms. The van der Waals surface area contributed by atoms with E-state index in [0.29, 0.717) is 28.5 Å². The molecule has 0 unspecified atom stereocenters. The summed E-state index contributed by atoms with van der Waals surface area (Å²) in [5, 5.41) is 2.85. The average molecular weight is 432 g/mol. The molecule has 4 rings (SSSR count). The summed E-state index contributed by atoms with van der Waals surface area (Å²) >= 11 is 0. The quantitative estimate of drug-likeness (QED) is 0.447.